The monoisotopic (exact) mass is 234 g/mol. The molecule has 0 aromatic heterocycles. The summed E-state index contributed by atoms with van der Waals surface area (Å²) in [6.07, 6.45) is 2.67. The Bertz CT molecular complexity index is 427. The van der Waals surface area contributed by atoms with Gasteiger partial charge in [-0.3, -0.25) is 0 Å². The van der Waals surface area contributed by atoms with Gasteiger partial charge in [0, 0.05) is 17.9 Å². The largest absolute Gasteiger partial charge is 0.478 e. The maximum absolute atomic E-state index is 10.8. The molecule has 0 bridgehead atoms. The minimum absolute atomic E-state index is 0.158. The van der Waals surface area contributed by atoms with Gasteiger partial charge in [-0.2, -0.15) is 0 Å². The molecule has 1 aliphatic rings. The molecule has 1 unspecified atom stereocenters. The van der Waals surface area contributed by atoms with E-state index < -0.39 is 5.97 Å². The van der Waals surface area contributed by atoms with Crippen LogP contribution in [0.25, 0.3) is 0 Å². The lowest BCUT2D eigenvalue weighted by Crippen LogP contribution is -2.13. The Labute approximate surface area is 101 Å². The highest BCUT2D eigenvalue weighted by atomic mass is 16.4. The van der Waals surface area contributed by atoms with Crippen LogP contribution in [0.4, 0.5) is 11.4 Å². The molecule has 1 atom stereocenters. The van der Waals surface area contributed by atoms with Crippen LogP contribution in [0.5, 0.6) is 0 Å². The van der Waals surface area contributed by atoms with E-state index in [2.05, 4.69) is 12.2 Å². The second kappa shape index (κ2) is 4.65. The fraction of sp³-hybridized carbons (Fsp3) is 0.462. The third-order valence-corrected chi connectivity index (χ3v) is 3.34. The zero-order valence-electron chi connectivity index (χ0n) is 9.94. The van der Waals surface area contributed by atoms with Crippen molar-refractivity contribution in [2.75, 3.05) is 17.6 Å². The van der Waals surface area contributed by atoms with E-state index in [9.17, 15) is 4.79 Å². The van der Waals surface area contributed by atoms with Gasteiger partial charge in [-0.05, 0) is 42.9 Å². The molecule has 4 N–H and O–H groups in total. The number of nitrogens with one attached hydrogen (secondary N) is 1. The van der Waals surface area contributed by atoms with Gasteiger partial charge >= 0.3 is 5.97 Å². The van der Waals surface area contributed by atoms with Crippen LogP contribution in [-0.4, -0.2) is 17.6 Å². The third kappa shape index (κ3) is 2.90. The fourth-order valence-electron chi connectivity index (χ4n) is 1.98. The summed E-state index contributed by atoms with van der Waals surface area (Å²) in [5.74, 6) is 0.536. The molecule has 0 radical (unpaired) electrons. The Balaban J connectivity index is 1.97. The van der Waals surface area contributed by atoms with Crippen LogP contribution in [0.3, 0.4) is 0 Å². The Kier molecular flexibility index (Phi) is 3.22. The number of hydrogen-bond donors (Lipinski definition) is 3. The molecule has 0 spiro atoms. The van der Waals surface area contributed by atoms with Crippen molar-refractivity contribution in [3.05, 3.63) is 23.8 Å². The Morgan fingerprint density at radius 1 is 1.59 bits per heavy atom. The number of hydrogen-bond acceptors (Lipinski definition) is 3. The molecule has 0 heterocycles. The number of carboxylic acid groups (broad SMARTS) is 1. The molecular formula is C13H18N2O2. The smallest absolute Gasteiger partial charge is 0.337 e. The minimum atomic E-state index is -0.986. The predicted octanol–water partition coefficient (Wildman–Crippen LogP) is 2.43. The summed E-state index contributed by atoms with van der Waals surface area (Å²) in [6.45, 7) is 3.15. The zero-order valence-corrected chi connectivity index (χ0v) is 9.94. The Morgan fingerprint density at radius 3 is 2.82 bits per heavy atom. The quantitative estimate of drug-likeness (QED) is 0.684. The molecular weight excluding hydrogens is 216 g/mol. The molecule has 17 heavy (non-hydrogen) atoms. The minimum Gasteiger partial charge on any atom is -0.478 e. The molecule has 4 nitrogen and oxygen atoms in total. The van der Waals surface area contributed by atoms with Crippen LogP contribution in [-0.2, 0) is 0 Å². The summed E-state index contributed by atoms with van der Waals surface area (Å²) in [4.78, 5) is 10.8. The van der Waals surface area contributed by atoms with E-state index >= 15 is 0 Å². The molecule has 4 heteroatoms. The van der Waals surface area contributed by atoms with Gasteiger partial charge in [0.2, 0.25) is 0 Å². The second-order valence-electron chi connectivity index (χ2n) is 4.80. The third-order valence-electron chi connectivity index (χ3n) is 3.34. The van der Waals surface area contributed by atoms with Crippen LogP contribution < -0.4 is 11.1 Å². The number of aromatic carboxylic acids is 1. The second-order valence-corrected chi connectivity index (χ2v) is 4.80. The summed E-state index contributed by atoms with van der Waals surface area (Å²) in [7, 11) is 0. The highest BCUT2D eigenvalue weighted by molar-refractivity contribution is 5.94. The van der Waals surface area contributed by atoms with Crippen molar-refractivity contribution in [2.24, 2.45) is 11.8 Å². The zero-order chi connectivity index (χ0) is 12.4. The molecule has 0 saturated heterocycles. The Hall–Kier alpha value is -1.71. The van der Waals surface area contributed by atoms with E-state index in [1.807, 2.05) is 0 Å². The van der Waals surface area contributed by atoms with Gasteiger partial charge in [0.05, 0.1) is 5.56 Å². The van der Waals surface area contributed by atoms with Crippen LogP contribution in [0.15, 0.2) is 18.2 Å². The summed E-state index contributed by atoms with van der Waals surface area (Å²) in [5, 5.41) is 12.2. The van der Waals surface area contributed by atoms with E-state index in [0.29, 0.717) is 11.6 Å². The summed E-state index contributed by atoms with van der Waals surface area (Å²) >= 11 is 0. The van der Waals surface area contributed by atoms with Crippen LogP contribution >= 0.6 is 0 Å². The maximum Gasteiger partial charge on any atom is 0.337 e. The van der Waals surface area contributed by atoms with Crippen molar-refractivity contribution < 1.29 is 9.90 Å². The van der Waals surface area contributed by atoms with Gasteiger partial charge < -0.3 is 16.2 Å². The van der Waals surface area contributed by atoms with Crippen molar-refractivity contribution in [3.63, 3.8) is 0 Å². The van der Waals surface area contributed by atoms with Crippen molar-refractivity contribution >= 4 is 17.3 Å². The van der Waals surface area contributed by atoms with Crippen molar-refractivity contribution in [2.45, 2.75) is 19.8 Å². The maximum atomic E-state index is 10.8. The fourth-order valence-corrected chi connectivity index (χ4v) is 1.98. The number of nitrogen functional groups attached to an aromatic ring is 1. The number of rotatable bonds is 5. The molecule has 1 aromatic carbocycles. The number of carboxylic acids is 1. The average molecular weight is 234 g/mol. The van der Waals surface area contributed by atoms with Gasteiger partial charge in [0.15, 0.2) is 0 Å². The lowest BCUT2D eigenvalue weighted by atomic mass is 10.1. The average Bonchev–Trinajstić information content (AvgIpc) is 3.09. The highest BCUT2D eigenvalue weighted by Gasteiger charge is 2.27. The van der Waals surface area contributed by atoms with Crippen LogP contribution in [0.1, 0.15) is 30.1 Å². The first-order valence-corrected chi connectivity index (χ1v) is 5.94. The molecule has 1 fully saturated rings. The lowest BCUT2D eigenvalue weighted by Gasteiger charge is -2.13. The Morgan fingerprint density at radius 2 is 2.29 bits per heavy atom. The summed E-state index contributed by atoms with van der Waals surface area (Å²) in [6, 6.07) is 4.99. The molecule has 1 aromatic rings. The van der Waals surface area contributed by atoms with Gasteiger partial charge in [0.25, 0.3) is 0 Å². The number of benzene rings is 1. The topological polar surface area (TPSA) is 75.3 Å². The van der Waals surface area contributed by atoms with Crippen molar-refractivity contribution in [1.29, 1.82) is 0 Å². The molecule has 92 valence electrons. The standard InChI is InChI=1S/C13H18N2O2/c1-8(9-2-3-9)7-15-10-4-5-11(13(16)17)12(14)6-10/h4-6,8-9,15H,2-3,7,14H2,1H3,(H,16,17). The molecule has 0 amide bonds. The first-order valence-electron chi connectivity index (χ1n) is 5.94. The van der Waals surface area contributed by atoms with Gasteiger partial charge in [-0.25, -0.2) is 4.79 Å². The number of nitrogens with two attached hydrogens (primary N) is 1. The van der Waals surface area contributed by atoms with Crippen molar-refractivity contribution in [3.8, 4) is 0 Å². The van der Waals surface area contributed by atoms with E-state index in [1.54, 1.807) is 18.2 Å². The summed E-state index contributed by atoms with van der Waals surface area (Å²) in [5.41, 5.74) is 7.03. The SMILES string of the molecule is CC(CNc1ccc(C(=O)O)c(N)c1)C1CC1. The van der Waals surface area contributed by atoms with Crippen LogP contribution in [0.2, 0.25) is 0 Å². The van der Waals surface area contributed by atoms with E-state index in [1.165, 1.54) is 12.8 Å². The first kappa shape index (κ1) is 11.8. The summed E-state index contributed by atoms with van der Waals surface area (Å²) < 4.78 is 0. The van der Waals surface area contributed by atoms with Crippen LogP contribution in [0, 0.1) is 11.8 Å². The van der Waals surface area contributed by atoms with Gasteiger partial charge in [-0.1, -0.05) is 6.92 Å². The van der Waals surface area contributed by atoms with E-state index in [0.717, 1.165) is 18.2 Å². The van der Waals surface area contributed by atoms with Crippen molar-refractivity contribution in [1.82, 2.24) is 0 Å². The number of carbonyl (C=O) groups is 1. The molecule has 0 aliphatic heterocycles. The normalized spacial score (nSPS) is 16.5. The van der Waals surface area contributed by atoms with E-state index in [4.69, 9.17) is 10.8 Å². The first-order chi connectivity index (χ1) is 8.08. The molecule has 2 rings (SSSR count). The predicted molar refractivity (Wildman–Crippen MR) is 68.2 cm³/mol. The lowest BCUT2D eigenvalue weighted by molar-refractivity contribution is 0.0698. The number of anilines is 2. The van der Waals surface area contributed by atoms with E-state index in [-0.39, 0.29) is 5.56 Å². The molecule has 1 aliphatic carbocycles. The molecule has 1 saturated carbocycles. The van der Waals surface area contributed by atoms with Gasteiger partial charge in [-0.15, -0.1) is 0 Å². The highest BCUT2D eigenvalue weighted by Crippen LogP contribution is 2.36. The van der Waals surface area contributed by atoms with Gasteiger partial charge in [0.1, 0.15) is 0 Å².